The third-order valence-corrected chi connectivity index (χ3v) is 6.63. The molecule has 1 aromatic carbocycles. The summed E-state index contributed by atoms with van der Waals surface area (Å²) in [5.41, 5.74) is 0.363. The molecule has 0 bridgehead atoms. The fourth-order valence-electron chi connectivity index (χ4n) is 3.83. The Balaban J connectivity index is 1.60. The van der Waals surface area contributed by atoms with E-state index in [9.17, 15) is 24.6 Å². The summed E-state index contributed by atoms with van der Waals surface area (Å²) in [7, 11) is 0. The first-order valence-corrected chi connectivity index (χ1v) is 11.6. The Morgan fingerprint density at radius 3 is 2.71 bits per heavy atom. The first kappa shape index (κ1) is 23.4. The summed E-state index contributed by atoms with van der Waals surface area (Å²) < 4.78 is 5.71. The molecule has 1 saturated heterocycles. The van der Waals surface area contributed by atoms with E-state index in [0.29, 0.717) is 23.1 Å². The Morgan fingerprint density at radius 1 is 1.26 bits per heavy atom. The number of aliphatic carboxylic acids is 2. The van der Waals surface area contributed by atoms with Crippen LogP contribution >= 0.6 is 11.8 Å². The number of piperidine rings is 1. The summed E-state index contributed by atoms with van der Waals surface area (Å²) in [4.78, 5) is 37.3. The lowest BCUT2D eigenvalue weighted by molar-refractivity contribution is -0.140. The van der Waals surface area contributed by atoms with E-state index in [2.05, 4.69) is 10.6 Å². The molecule has 1 aromatic rings. The average Bonchev–Trinajstić information content (AvgIpc) is 2.88. The molecule has 0 unspecified atom stereocenters. The van der Waals surface area contributed by atoms with Gasteiger partial charge < -0.3 is 20.3 Å². The number of para-hydroxylation sites is 2. The minimum Gasteiger partial charge on any atom is -0.489 e. The first-order chi connectivity index (χ1) is 15.0. The normalized spacial score (nSPS) is 20.5. The zero-order valence-corrected chi connectivity index (χ0v) is 18.1. The zero-order valence-electron chi connectivity index (χ0n) is 17.3. The average molecular weight is 452 g/mol. The van der Waals surface area contributed by atoms with Crippen LogP contribution in [0.5, 0.6) is 5.75 Å². The van der Waals surface area contributed by atoms with Gasteiger partial charge in [0.2, 0.25) is 5.91 Å². The van der Waals surface area contributed by atoms with Gasteiger partial charge in [-0.3, -0.25) is 24.6 Å². The van der Waals surface area contributed by atoms with Crippen molar-refractivity contribution in [1.29, 1.82) is 0 Å². The SMILES string of the molecule is O=C(O)CN1C(=O)[C@@H](N[C@@H](CSCCC2CCNCC2)C(=O)O)COc2ccccc21. The lowest BCUT2D eigenvalue weighted by Gasteiger charge is -2.25. The molecule has 0 spiro atoms. The van der Waals surface area contributed by atoms with Gasteiger partial charge in [0.25, 0.3) is 0 Å². The maximum atomic E-state index is 13.1. The van der Waals surface area contributed by atoms with Crippen LogP contribution in [0.2, 0.25) is 0 Å². The number of anilines is 1. The van der Waals surface area contributed by atoms with E-state index in [-0.39, 0.29) is 6.61 Å². The van der Waals surface area contributed by atoms with Crippen molar-refractivity contribution >= 4 is 35.3 Å². The van der Waals surface area contributed by atoms with Gasteiger partial charge in [0, 0.05) is 5.75 Å². The third-order valence-electron chi connectivity index (χ3n) is 5.53. The quantitative estimate of drug-likeness (QED) is 0.386. The minimum atomic E-state index is -1.16. The second-order valence-corrected chi connectivity index (χ2v) is 8.91. The first-order valence-electron chi connectivity index (χ1n) is 10.5. The molecule has 31 heavy (non-hydrogen) atoms. The Labute approximate surface area is 185 Å². The number of thioether (sulfide) groups is 1. The predicted molar refractivity (Wildman–Crippen MR) is 118 cm³/mol. The van der Waals surface area contributed by atoms with Crippen LogP contribution in [0.3, 0.4) is 0 Å². The second-order valence-electron chi connectivity index (χ2n) is 7.76. The number of amides is 1. The Morgan fingerprint density at radius 2 is 2.00 bits per heavy atom. The Hall–Kier alpha value is -2.30. The van der Waals surface area contributed by atoms with Gasteiger partial charge in [-0.05, 0) is 56.2 Å². The van der Waals surface area contributed by atoms with Crippen LogP contribution in [0.1, 0.15) is 19.3 Å². The molecule has 2 heterocycles. The number of hydrogen-bond acceptors (Lipinski definition) is 7. The zero-order chi connectivity index (χ0) is 22.2. The van der Waals surface area contributed by atoms with E-state index in [1.165, 1.54) is 0 Å². The van der Waals surface area contributed by atoms with Crippen molar-refractivity contribution in [2.45, 2.75) is 31.3 Å². The monoisotopic (exact) mass is 451 g/mol. The second kappa shape index (κ2) is 11.4. The van der Waals surface area contributed by atoms with E-state index in [0.717, 1.165) is 43.0 Å². The highest BCUT2D eigenvalue weighted by Gasteiger charge is 2.35. The summed E-state index contributed by atoms with van der Waals surface area (Å²) >= 11 is 1.55. The van der Waals surface area contributed by atoms with Crippen LogP contribution in [0.4, 0.5) is 5.69 Å². The van der Waals surface area contributed by atoms with Crippen molar-refractivity contribution in [3.8, 4) is 5.75 Å². The van der Waals surface area contributed by atoms with Gasteiger partial charge in [-0.25, -0.2) is 0 Å². The molecule has 0 aromatic heterocycles. The highest BCUT2D eigenvalue weighted by atomic mass is 32.2. The molecule has 0 saturated carbocycles. The van der Waals surface area contributed by atoms with Gasteiger partial charge >= 0.3 is 11.9 Å². The van der Waals surface area contributed by atoms with E-state index in [4.69, 9.17) is 4.74 Å². The number of ether oxygens (including phenoxy) is 1. The van der Waals surface area contributed by atoms with Crippen molar-refractivity contribution in [3.63, 3.8) is 0 Å². The number of carbonyl (C=O) groups excluding carboxylic acids is 1. The molecule has 3 rings (SSSR count). The summed E-state index contributed by atoms with van der Waals surface area (Å²) in [5, 5.41) is 25.1. The number of carboxylic acid groups (broad SMARTS) is 2. The highest BCUT2D eigenvalue weighted by Crippen LogP contribution is 2.31. The van der Waals surface area contributed by atoms with Crippen LogP contribution in [-0.2, 0) is 14.4 Å². The molecule has 1 fully saturated rings. The van der Waals surface area contributed by atoms with Gasteiger partial charge in [-0.15, -0.1) is 0 Å². The van der Waals surface area contributed by atoms with Crippen molar-refractivity contribution in [1.82, 2.24) is 10.6 Å². The number of nitrogens with zero attached hydrogens (tertiary/aromatic N) is 1. The molecule has 2 aliphatic heterocycles. The largest absolute Gasteiger partial charge is 0.489 e. The maximum Gasteiger partial charge on any atom is 0.323 e. The minimum absolute atomic E-state index is 0.0739. The van der Waals surface area contributed by atoms with Crippen molar-refractivity contribution < 1.29 is 29.3 Å². The summed E-state index contributed by atoms with van der Waals surface area (Å²) in [6, 6.07) is 4.79. The van der Waals surface area contributed by atoms with Crippen LogP contribution in [0.15, 0.2) is 24.3 Å². The van der Waals surface area contributed by atoms with Gasteiger partial charge in [-0.1, -0.05) is 12.1 Å². The lowest BCUT2D eigenvalue weighted by atomic mass is 9.96. The molecule has 9 nitrogen and oxygen atoms in total. The fourth-order valence-corrected chi connectivity index (χ4v) is 4.97. The number of hydrogen-bond donors (Lipinski definition) is 4. The molecule has 2 atom stereocenters. The van der Waals surface area contributed by atoms with Crippen molar-refractivity contribution in [2.75, 3.05) is 42.6 Å². The van der Waals surface area contributed by atoms with E-state index in [1.807, 2.05) is 0 Å². The smallest absolute Gasteiger partial charge is 0.323 e. The fraction of sp³-hybridized carbons (Fsp3) is 0.571. The molecule has 4 N–H and O–H groups in total. The molecule has 1 amide bonds. The number of carbonyl (C=O) groups is 3. The number of carboxylic acids is 2. The summed E-state index contributed by atoms with van der Waals surface area (Å²) in [5.74, 6) is -0.480. The van der Waals surface area contributed by atoms with E-state index in [1.54, 1.807) is 36.0 Å². The number of fused-ring (bicyclic) bond motifs is 1. The molecule has 170 valence electrons. The van der Waals surface area contributed by atoms with Crippen LogP contribution < -0.4 is 20.3 Å². The molecular weight excluding hydrogens is 422 g/mol. The van der Waals surface area contributed by atoms with Crippen molar-refractivity contribution in [2.24, 2.45) is 5.92 Å². The standard InChI is InChI=1S/C21H29N3O6S/c25-19(26)11-24-17-3-1-2-4-18(17)30-12-15(20(24)27)23-16(21(28)29)13-31-10-7-14-5-8-22-9-6-14/h1-4,14-16,22-23H,5-13H2,(H,25,26)(H,28,29)/t15-,16-/m0/s1. The Kier molecular flexibility index (Phi) is 8.56. The molecule has 10 heteroatoms. The van der Waals surface area contributed by atoms with E-state index >= 15 is 0 Å². The van der Waals surface area contributed by atoms with Gasteiger partial charge in [0.1, 0.15) is 31.0 Å². The molecule has 0 radical (unpaired) electrons. The van der Waals surface area contributed by atoms with Crippen LogP contribution in [-0.4, -0.2) is 77.9 Å². The molecule has 2 aliphatic rings. The van der Waals surface area contributed by atoms with E-state index < -0.39 is 36.5 Å². The van der Waals surface area contributed by atoms with Crippen molar-refractivity contribution in [3.05, 3.63) is 24.3 Å². The molecule has 0 aliphatic carbocycles. The lowest BCUT2D eigenvalue weighted by Crippen LogP contribution is -2.55. The van der Waals surface area contributed by atoms with Gasteiger partial charge in [0.15, 0.2) is 0 Å². The predicted octanol–water partition coefficient (Wildman–Crippen LogP) is 1.03. The van der Waals surface area contributed by atoms with Crippen LogP contribution in [0, 0.1) is 5.92 Å². The van der Waals surface area contributed by atoms with Gasteiger partial charge in [0.05, 0.1) is 5.69 Å². The Bertz CT molecular complexity index is 786. The summed E-state index contributed by atoms with van der Waals surface area (Å²) in [6.45, 7) is 1.47. The molecular formula is C21H29N3O6S. The maximum absolute atomic E-state index is 13.1. The summed E-state index contributed by atoms with van der Waals surface area (Å²) in [6.07, 6.45) is 3.34. The highest BCUT2D eigenvalue weighted by molar-refractivity contribution is 7.99. The number of rotatable bonds is 10. The topological polar surface area (TPSA) is 128 Å². The number of nitrogens with one attached hydrogen (secondary N) is 2. The van der Waals surface area contributed by atoms with Crippen LogP contribution in [0.25, 0.3) is 0 Å². The third kappa shape index (κ3) is 6.59. The van der Waals surface area contributed by atoms with Gasteiger partial charge in [-0.2, -0.15) is 11.8 Å². The number of benzene rings is 1.